The average molecular weight is 298 g/mol. The monoisotopic (exact) mass is 298 g/mol. The number of rotatable bonds is 4. The maximum atomic E-state index is 12.9. The molecule has 0 atom stereocenters. The lowest BCUT2D eigenvalue weighted by Gasteiger charge is -2.16. The summed E-state index contributed by atoms with van der Waals surface area (Å²) in [4.78, 5) is 14.9. The van der Waals surface area contributed by atoms with Crippen LogP contribution in [0, 0.1) is 0 Å². The number of halogens is 5. The number of nitrogens with zero attached hydrogens (tertiary/aromatic N) is 1. The van der Waals surface area contributed by atoms with Gasteiger partial charge >= 0.3 is 12.1 Å². The van der Waals surface area contributed by atoms with Crippen LogP contribution in [0.4, 0.5) is 22.0 Å². The van der Waals surface area contributed by atoms with Crippen molar-refractivity contribution in [2.45, 2.75) is 26.1 Å². The second-order valence-corrected chi connectivity index (χ2v) is 3.65. The molecule has 0 unspecified atom stereocenters. The van der Waals surface area contributed by atoms with E-state index in [9.17, 15) is 26.7 Å². The van der Waals surface area contributed by atoms with Crippen LogP contribution in [0.25, 0.3) is 0 Å². The van der Waals surface area contributed by atoms with Crippen molar-refractivity contribution in [2.75, 3.05) is 6.61 Å². The fourth-order valence-corrected chi connectivity index (χ4v) is 1.54. The molecule has 0 aliphatic heterocycles. The van der Waals surface area contributed by atoms with Crippen molar-refractivity contribution in [3.8, 4) is 0 Å². The molecule has 0 radical (unpaired) electrons. The number of ether oxygens (including phenoxy) is 1. The van der Waals surface area contributed by atoms with Gasteiger partial charge in [0.25, 0.3) is 6.43 Å². The minimum Gasteiger partial charge on any atom is -0.461 e. The van der Waals surface area contributed by atoms with Crippen LogP contribution in [0.15, 0.2) is 6.07 Å². The molecule has 0 aliphatic carbocycles. The van der Waals surface area contributed by atoms with E-state index in [1.54, 1.807) is 0 Å². The number of alkyl halides is 5. The van der Waals surface area contributed by atoms with Crippen molar-refractivity contribution in [1.82, 2.24) is 4.98 Å². The summed E-state index contributed by atoms with van der Waals surface area (Å²) in [6, 6.07) is 0.538. The molecule has 0 spiro atoms. The molecule has 2 N–H and O–H groups in total. The normalized spacial score (nSPS) is 11.8. The number of carbonyl (C=O) groups excluding carboxylic acids is 1. The van der Waals surface area contributed by atoms with Crippen molar-refractivity contribution < 1.29 is 31.5 Å². The second kappa shape index (κ2) is 6.12. The lowest BCUT2D eigenvalue weighted by atomic mass is 10.0. The van der Waals surface area contributed by atoms with Gasteiger partial charge in [0.05, 0.1) is 17.9 Å². The van der Waals surface area contributed by atoms with E-state index in [-0.39, 0.29) is 18.8 Å². The molecule has 0 saturated heterocycles. The number of hydrogen-bond donors (Lipinski definition) is 1. The second-order valence-electron chi connectivity index (χ2n) is 3.65. The van der Waals surface area contributed by atoms with Crippen LogP contribution in [0.3, 0.4) is 0 Å². The molecular weight excluding hydrogens is 287 g/mol. The Morgan fingerprint density at radius 1 is 1.45 bits per heavy atom. The number of hydrogen-bond acceptors (Lipinski definition) is 4. The van der Waals surface area contributed by atoms with Gasteiger partial charge in [-0.3, -0.25) is 0 Å². The Morgan fingerprint density at radius 3 is 2.45 bits per heavy atom. The summed E-state index contributed by atoms with van der Waals surface area (Å²) in [6.45, 7) is 0.769. The third kappa shape index (κ3) is 3.41. The molecule has 0 amide bonds. The van der Waals surface area contributed by atoms with Gasteiger partial charge in [-0.05, 0) is 13.0 Å². The lowest BCUT2D eigenvalue weighted by molar-refractivity contribution is -0.140. The van der Waals surface area contributed by atoms with Crippen LogP contribution < -0.4 is 5.73 Å². The first-order valence-electron chi connectivity index (χ1n) is 5.48. The highest BCUT2D eigenvalue weighted by atomic mass is 19.4. The third-order valence-electron chi connectivity index (χ3n) is 2.30. The van der Waals surface area contributed by atoms with Crippen molar-refractivity contribution >= 4 is 5.97 Å². The molecule has 1 aromatic rings. The molecule has 0 bridgehead atoms. The summed E-state index contributed by atoms with van der Waals surface area (Å²) in [6.07, 6.45) is -8.58. The molecule has 0 saturated carbocycles. The van der Waals surface area contributed by atoms with Gasteiger partial charge in [-0.1, -0.05) is 0 Å². The Hall–Kier alpha value is -1.77. The Morgan fingerprint density at radius 2 is 2.05 bits per heavy atom. The van der Waals surface area contributed by atoms with Gasteiger partial charge < -0.3 is 10.5 Å². The minimum absolute atomic E-state index is 0.214. The first kappa shape index (κ1) is 16.3. The largest absolute Gasteiger partial charge is 0.461 e. The van der Waals surface area contributed by atoms with E-state index in [2.05, 4.69) is 9.72 Å². The van der Waals surface area contributed by atoms with Gasteiger partial charge in [0.1, 0.15) is 0 Å². The number of aromatic nitrogens is 1. The number of carbonyl (C=O) groups is 1. The molecule has 1 rings (SSSR count). The maximum absolute atomic E-state index is 12.9. The lowest BCUT2D eigenvalue weighted by Crippen LogP contribution is -2.21. The van der Waals surface area contributed by atoms with Crippen LogP contribution in [0.1, 0.15) is 40.7 Å². The molecule has 112 valence electrons. The molecular formula is C11H11F5N2O2. The van der Waals surface area contributed by atoms with Crippen molar-refractivity contribution in [2.24, 2.45) is 5.73 Å². The highest BCUT2D eigenvalue weighted by Gasteiger charge is 2.41. The molecule has 1 aromatic heterocycles. The fourth-order valence-electron chi connectivity index (χ4n) is 1.54. The van der Waals surface area contributed by atoms with Crippen LogP contribution in [-0.2, 0) is 17.5 Å². The van der Waals surface area contributed by atoms with E-state index in [0.29, 0.717) is 6.07 Å². The smallest absolute Gasteiger partial charge is 0.419 e. The van der Waals surface area contributed by atoms with Crippen LogP contribution in [0.5, 0.6) is 0 Å². The summed E-state index contributed by atoms with van der Waals surface area (Å²) in [5.74, 6) is -1.42. The van der Waals surface area contributed by atoms with E-state index in [0.717, 1.165) is 0 Å². The summed E-state index contributed by atoms with van der Waals surface area (Å²) >= 11 is 0. The van der Waals surface area contributed by atoms with Crippen LogP contribution in [-0.4, -0.2) is 17.6 Å². The number of esters is 1. The first-order chi connectivity index (χ1) is 9.22. The summed E-state index contributed by atoms with van der Waals surface area (Å²) in [5.41, 5.74) is 0.604. The molecule has 0 aromatic carbocycles. The minimum atomic E-state index is -5.16. The van der Waals surface area contributed by atoms with Crippen LogP contribution in [0.2, 0.25) is 0 Å². The predicted molar refractivity (Wildman–Crippen MR) is 58.0 cm³/mol. The molecule has 9 heteroatoms. The van der Waals surface area contributed by atoms with E-state index in [1.165, 1.54) is 6.92 Å². The molecule has 4 nitrogen and oxygen atoms in total. The van der Waals surface area contributed by atoms with Crippen LogP contribution >= 0.6 is 0 Å². The van der Waals surface area contributed by atoms with Gasteiger partial charge in [0, 0.05) is 12.1 Å². The Labute approximate surface area is 110 Å². The van der Waals surface area contributed by atoms with E-state index < -0.39 is 35.4 Å². The SMILES string of the molecule is CCOC(=O)c1nc(CN)cc(C(F)F)c1C(F)(F)F. The zero-order chi connectivity index (χ0) is 15.5. The Balaban J connectivity index is 3.60. The molecule has 0 fully saturated rings. The highest BCUT2D eigenvalue weighted by molar-refractivity contribution is 5.89. The predicted octanol–water partition coefficient (Wildman–Crippen LogP) is 2.67. The van der Waals surface area contributed by atoms with E-state index in [4.69, 9.17) is 5.73 Å². The highest BCUT2D eigenvalue weighted by Crippen LogP contribution is 2.38. The summed E-state index contributed by atoms with van der Waals surface area (Å²) < 4.78 is 68.7. The van der Waals surface area contributed by atoms with Gasteiger partial charge in [-0.25, -0.2) is 18.6 Å². The number of nitrogens with two attached hydrogens (primary N) is 1. The van der Waals surface area contributed by atoms with Gasteiger partial charge in [-0.15, -0.1) is 0 Å². The topological polar surface area (TPSA) is 65.2 Å². The van der Waals surface area contributed by atoms with E-state index in [1.807, 2.05) is 0 Å². The Kier molecular flexibility index (Phi) is 4.98. The summed E-state index contributed by atoms with van der Waals surface area (Å²) in [5, 5.41) is 0. The average Bonchev–Trinajstić information content (AvgIpc) is 2.36. The standard InChI is InChI=1S/C11H11F5N2O2/c1-2-20-10(19)8-7(11(14,15)16)6(9(12)13)3-5(4-17)18-8/h3,9H,2,4,17H2,1H3. The maximum Gasteiger partial charge on any atom is 0.419 e. The number of pyridine rings is 1. The van der Waals surface area contributed by atoms with Crippen molar-refractivity contribution in [3.05, 3.63) is 28.6 Å². The van der Waals surface area contributed by atoms with E-state index >= 15 is 0 Å². The zero-order valence-corrected chi connectivity index (χ0v) is 10.3. The molecule has 0 aliphatic rings. The summed E-state index contributed by atoms with van der Waals surface area (Å²) in [7, 11) is 0. The quantitative estimate of drug-likeness (QED) is 0.685. The van der Waals surface area contributed by atoms with Gasteiger partial charge in [-0.2, -0.15) is 13.2 Å². The van der Waals surface area contributed by atoms with Crippen molar-refractivity contribution in [3.63, 3.8) is 0 Å². The first-order valence-corrected chi connectivity index (χ1v) is 5.48. The third-order valence-corrected chi connectivity index (χ3v) is 2.30. The van der Waals surface area contributed by atoms with Gasteiger partial charge in [0.2, 0.25) is 0 Å². The Bertz CT molecular complexity index is 502. The molecule has 20 heavy (non-hydrogen) atoms. The zero-order valence-electron chi connectivity index (χ0n) is 10.3. The molecule has 1 heterocycles. The van der Waals surface area contributed by atoms with Crippen molar-refractivity contribution in [1.29, 1.82) is 0 Å². The fraction of sp³-hybridized carbons (Fsp3) is 0.455. The van der Waals surface area contributed by atoms with Gasteiger partial charge in [0.15, 0.2) is 5.69 Å².